The zero-order valence-corrected chi connectivity index (χ0v) is 32.1. The predicted octanol–water partition coefficient (Wildman–Crippen LogP) is 14.0. The summed E-state index contributed by atoms with van der Waals surface area (Å²) in [5.74, 6) is 1.96. The van der Waals surface area contributed by atoms with Crippen molar-refractivity contribution in [3.63, 3.8) is 0 Å². The van der Waals surface area contributed by atoms with Crippen LogP contribution in [0.15, 0.2) is 180 Å². The maximum Gasteiger partial charge on any atom is 0.164 e. The van der Waals surface area contributed by atoms with E-state index in [1.165, 1.54) is 29.2 Å². The number of rotatable bonds is 8. The number of hydrogen-bond acceptors (Lipinski definition) is 4. The molecule has 0 aliphatic heterocycles. The molecule has 0 spiro atoms. The number of para-hydroxylation sites is 2. The lowest BCUT2D eigenvalue weighted by Gasteiger charge is -2.15. The van der Waals surface area contributed by atoms with Crippen LogP contribution in [0.4, 0.5) is 0 Å². The summed E-state index contributed by atoms with van der Waals surface area (Å²) >= 11 is 0. The number of fused-ring (bicyclic) bond motifs is 7. The van der Waals surface area contributed by atoms with Gasteiger partial charge < -0.3 is 8.98 Å². The third kappa shape index (κ3) is 5.66. The molecule has 11 rings (SSSR count). The Kier molecular flexibility index (Phi) is 8.18. The van der Waals surface area contributed by atoms with Crippen LogP contribution in [0.3, 0.4) is 0 Å². The maximum atomic E-state index is 6.27. The Morgan fingerprint density at radius 2 is 1.09 bits per heavy atom. The summed E-state index contributed by atoms with van der Waals surface area (Å²) in [7, 11) is 0. The van der Waals surface area contributed by atoms with Crippen LogP contribution in [0, 0.1) is 0 Å². The van der Waals surface area contributed by atoms with Crippen molar-refractivity contribution in [2.45, 2.75) is 26.2 Å². The van der Waals surface area contributed by atoms with Crippen LogP contribution in [-0.2, 0) is 6.42 Å². The quantitative estimate of drug-likeness (QED) is 0.155. The van der Waals surface area contributed by atoms with E-state index in [1.807, 2.05) is 30.3 Å². The molecule has 0 N–H and O–H groups in total. The summed E-state index contributed by atoms with van der Waals surface area (Å²) in [6.07, 6.45) is 3.41. The Bertz CT molecular complexity index is 3320. The smallest absolute Gasteiger partial charge is 0.164 e. The van der Waals surface area contributed by atoms with Crippen molar-refractivity contribution in [1.29, 1.82) is 0 Å². The fourth-order valence-electron chi connectivity index (χ4n) is 8.63. The van der Waals surface area contributed by atoms with Crippen molar-refractivity contribution < 1.29 is 4.42 Å². The van der Waals surface area contributed by atoms with Gasteiger partial charge in [0.25, 0.3) is 0 Å². The predicted molar refractivity (Wildman–Crippen MR) is 239 cm³/mol. The molecular formula is C53H38N4O. The highest BCUT2D eigenvalue weighted by Crippen LogP contribution is 2.41. The van der Waals surface area contributed by atoms with Gasteiger partial charge in [0.15, 0.2) is 17.5 Å². The van der Waals surface area contributed by atoms with Gasteiger partial charge in [0.1, 0.15) is 11.2 Å². The van der Waals surface area contributed by atoms with Gasteiger partial charge in [0, 0.05) is 43.6 Å². The first-order valence-corrected chi connectivity index (χ1v) is 20.1. The highest BCUT2D eigenvalue weighted by molar-refractivity contribution is 6.16. The standard InChI is InChI=1S/C53H38N4O/c1-2-3-14-34-25-27-36(28-26-34)52-54-51(35-15-5-4-6-16-35)55-53(56-52)42-30-32-46(40-18-8-7-17-39(40)42)57-45-22-11-9-19-41(45)44-33-37(29-31-47(44)57)38-21-13-24-49-50(38)43-20-10-12-23-48(43)58-49/h4-13,15-33H,2-3,14H2,1H3. The van der Waals surface area contributed by atoms with Crippen LogP contribution >= 0.6 is 0 Å². The van der Waals surface area contributed by atoms with Crippen molar-refractivity contribution in [2.24, 2.45) is 0 Å². The molecule has 0 saturated carbocycles. The second-order valence-electron chi connectivity index (χ2n) is 15.0. The number of aryl methyl sites for hydroxylation is 1. The van der Waals surface area contributed by atoms with Crippen molar-refractivity contribution in [3.8, 4) is 51.0 Å². The number of unbranched alkanes of at least 4 members (excludes halogenated alkanes) is 1. The second-order valence-corrected chi connectivity index (χ2v) is 15.0. The lowest BCUT2D eigenvalue weighted by Crippen LogP contribution is -2.02. The van der Waals surface area contributed by atoms with E-state index in [1.54, 1.807) is 0 Å². The van der Waals surface area contributed by atoms with E-state index in [0.29, 0.717) is 17.5 Å². The Morgan fingerprint density at radius 3 is 1.90 bits per heavy atom. The molecule has 0 bridgehead atoms. The summed E-state index contributed by atoms with van der Waals surface area (Å²) in [6, 6.07) is 62.1. The number of nitrogens with zero attached hydrogens (tertiary/aromatic N) is 4. The first kappa shape index (κ1) is 33.9. The van der Waals surface area contributed by atoms with Crippen molar-refractivity contribution >= 4 is 54.5 Å². The van der Waals surface area contributed by atoms with E-state index in [9.17, 15) is 0 Å². The van der Waals surface area contributed by atoms with Gasteiger partial charge in [-0.2, -0.15) is 0 Å². The molecule has 3 heterocycles. The Balaban J connectivity index is 1.08. The van der Waals surface area contributed by atoms with Crippen LogP contribution in [0.1, 0.15) is 25.3 Å². The van der Waals surface area contributed by atoms with Gasteiger partial charge in [-0.1, -0.05) is 147 Å². The lowest BCUT2D eigenvalue weighted by atomic mass is 9.98. The minimum atomic E-state index is 0.648. The molecule has 0 unspecified atom stereocenters. The molecule has 11 aromatic rings. The van der Waals surface area contributed by atoms with E-state index in [-0.39, 0.29) is 0 Å². The molecule has 0 aliphatic carbocycles. The average Bonchev–Trinajstić information content (AvgIpc) is 3.84. The number of aromatic nitrogens is 4. The van der Waals surface area contributed by atoms with E-state index in [4.69, 9.17) is 19.4 Å². The highest BCUT2D eigenvalue weighted by Gasteiger charge is 2.20. The third-order valence-corrected chi connectivity index (χ3v) is 11.5. The molecular weight excluding hydrogens is 709 g/mol. The Hall–Kier alpha value is -7.37. The molecule has 0 aliphatic rings. The third-order valence-electron chi connectivity index (χ3n) is 11.5. The molecule has 3 aromatic heterocycles. The van der Waals surface area contributed by atoms with Gasteiger partial charge in [0.2, 0.25) is 0 Å². The summed E-state index contributed by atoms with van der Waals surface area (Å²) in [5.41, 5.74) is 11.7. The van der Waals surface area contributed by atoms with Crippen LogP contribution < -0.4 is 0 Å². The van der Waals surface area contributed by atoms with Crippen molar-refractivity contribution in [3.05, 3.63) is 181 Å². The summed E-state index contributed by atoms with van der Waals surface area (Å²) < 4.78 is 8.68. The number of hydrogen-bond donors (Lipinski definition) is 0. The van der Waals surface area contributed by atoms with Gasteiger partial charge in [-0.3, -0.25) is 0 Å². The number of benzene rings is 8. The van der Waals surface area contributed by atoms with Crippen molar-refractivity contribution in [1.82, 2.24) is 19.5 Å². The summed E-state index contributed by atoms with van der Waals surface area (Å²) in [6.45, 7) is 2.23. The van der Waals surface area contributed by atoms with Crippen LogP contribution in [0.2, 0.25) is 0 Å². The van der Waals surface area contributed by atoms with Gasteiger partial charge in [-0.15, -0.1) is 0 Å². The molecule has 0 atom stereocenters. The van der Waals surface area contributed by atoms with Crippen molar-refractivity contribution in [2.75, 3.05) is 0 Å². The molecule has 5 nitrogen and oxygen atoms in total. The van der Waals surface area contributed by atoms with E-state index >= 15 is 0 Å². The molecule has 58 heavy (non-hydrogen) atoms. The number of furan rings is 1. The monoisotopic (exact) mass is 746 g/mol. The van der Waals surface area contributed by atoms with E-state index < -0.39 is 0 Å². The fourth-order valence-corrected chi connectivity index (χ4v) is 8.63. The Labute approximate surface area is 335 Å². The van der Waals surface area contributed by atoms with Gasteiger partial charge in [-0.25, -0.2) is 15.0 Å². The molecule has 8 aromatic carbocycles. The second kappa shape index (κ2) is 14.0. The highest BCUT2D eigenvalue weighted by atomic mass is 16.3. The fraction of sp³-hybridized carbons (Fsp3) is 0.0755. The minimum Gasteiger partial charge on any atom is -0.456 e. The van der Waals surface area contributed by atoms with Crippen LogP contribution in [0.5, 0.6) is 0 Å². The SMILES string of the molecule is CCCCc1ccc(-c2nc(-c3ccccc3)nc(-c3ccc(-n4c5ccccc5c5cc(-c6cccc7oc8ccccc8c67)ccc54)c4ccccc34)n2)cc1. The molecule has 0 saturated heterocycles. The first-order valence-electron chi connectivity index (χ1n) is 20.1. The van der Waals surface area contributed by atoms with E-state index in [0.717, 1.165) is 83.7 Å². The first-order chi connectivity index (χ1) is 28.7. The zero-order chi connectivity index (χ0) is 38.6. The molecule has 0 radical (unpaired) electrons. The largest absolute Gasteiger partial charge is 0.456 e. The topological polar surface area (TPSA) is 56.7 Å². The molecule has 5 heteroatoms. The Morgan fingerprint density at radius 1 is 0.448 bits per heavy atom. The molecule has 0 amide bonds. The van der Waals surface area contributed by atoms with Crippen LogP contribution in [0.25, 0.3) is 105 Å². The van der Waals surface area contributed by atoms with E-state index in [2.05, 4.69) is 157 Å². The van der Waals surface area contributed by atoms with Gasteiger partial charge in [0.05, 0.1) is 16.7 Å². The minimum absolute atomic E-state index is 0.648. The average molecular weight is 747 g/mol. The summed E-state index contributed by atoms with van der Waals surface area (Å²) in [5, 5.41) is 6.86. The van der Waals surface area contributed by atoms with Gasteiger partial charge >= 0.3 is 0 Å². The maximum absolute atomic E-state index is 6.27. The lowest BCUT2D eigenvalue weighted by molar-refractivity contribution is 0.669. The summed E-state index contributed by atoms with van der Waals surface area (Å²) in [4.78, 5) is 15.3. The van der Waals surface area contributed by atoms with Crippen LogP contribution in [-0.4, -0.2) is 19.5 Å². The molecule has 0 fully saturated rings. The molecule has 276 valence electrons. The normalized spacial score (nSPS) is 11.7. The zero-order valence-electron chi connectivity index (χ0n) is 32.1. The van der Waals surface area contributed by atoms with Gasteiger partial charge in [-0.05, 0) is 77.4 Å².